The van der Waals surface area contributed by atoms with Gasteiger partial charge >= 0.3 is 0 Å². The van der Waals surface area contributed by atoms with Gasteiger partial charge in [0.1, 0.15) is 5.82 Å². The lowest BCUT2D eigenvalue weighted by atomic mass is 9.95. The number of sulfonamides is 1. The highest BCUT2D eigenvalue weighted by Gasteiger charge is 2.22. The van der Waals surface area contributed by atoms with Crippen LogP contribution in [0.15, 0.2) is 45.8 Å². The van der Waals surface area contributed by atoms with Gasteiger partial charge in [0.25, 0.3) is 15.9 Å². The van der Waals surface area contributed by atoms with Crippen LogP contribution >= 0.6 is 15.9 Å². The Morgan fingerprint density at radius 1 is 1.11 bits per heavy atom. The van der Waals surface area contributed by atoms with Crippen molar-refractivity contribution < 1.29 is 17.6 Å². The molecule has 3 rings (SSSR count). The molecule has 0 spiro atoms. The van der Waals surface area contributed by atoms with Gasteiger partial charge in [-0.1, -0.05) is 41.3 Å². The Hall–Kier alpha value is -1.93. The Labute approximate surface area is 172 Å². The summed E-state index contributed by atoms with van der Waals surface area (Å²) in [5.74, 6) is -0.975. The molecule has 2 aromatic carbocycles. The van der Waals surface area contributed by atoms with E-state index >= 15 is 0 Å². The van der Waals surface area contributed by atoms with Crippen molar-refractivity contribution in [1.29, 1.82) is 0 Å². The molecule has 1 fully saturated rings. The Morgan fingerprint density at radius 2 is 1.82 bits per heavy atom. The lowest BCUT2D eigenvalue weighted by Gasteiger charge is -2.23. The van der Waals surface area contributed by atoms with Gasteiger partial charge in [0.2, 0.25) is 0 Å². The fourth-order valence-corrected chi connectivity index (χ4v) is 4.73. The minimum Gasteiger partial charge on any atom is -0.349 e. The predicted octanol–water partition coefficient (Wildman–Crippen LogP) is 4.76. The first-order chi connectivity index (χ1) is 13.3. The first kappa shape index (κ1) is 20.8. The van der Waals surface area contributed by atoms with Crippen molar-refractivity contribution in [2.45, 2.75) is 50.0 Å². The van der Waals surface area contributed by atoms with Crippen molar-refractivity contribution in [3.05, 3.63) is 57.8 Å². The quantitative estimate of drug-likeness (QED) is 0.663. The Balaban J connectivity index is 1.83. The van der Waals surface area contributed by atoms with Crippen LogP contribution in [0.5, 0.6) is 0 Å². The highest BCUT2D eigenvalue weighted by atomic mass is 79.9. The summed E-state index contributed by atoms with van der Waals surface area (Å²) in [6, 6.07) is 8.51. The summed E-state index contributed by atoms with van der Waals surface area (Å²) in [4.78, 5) is 12.6. The van der Waals surface area contributed by atoms with E-state index in [1.807, 2.05) is 0 Å². The molecule has 150 valence electrons. The van der Waals surface area contributed by atoms with Crippen molar-refractivity contribution in [2.24, 2.45) is 0 Å². The summed E-state index contributed by atoms with van der Waals surface area (Å²) in [6.07, 6.45) is 5.22. The summed E-state index contributed by atoms with van der Waals surface area (Å²) in [7, 11) is -4.04. The average molecular weight is 469 g/mol. The molecular weight excluding hydrogens is 447 g/mol. The molecule has 0 aromatic heterocycles. The van der Waals surface area contributed by atoms with Crippen molar-refractivity contribution in [3.8, 4) is 0 Å². The molecule has 0 saturated heterocycles. The smallest absolute Gasteiger partial charge is 0.262 e. The number of amides is 1. The minimum atomic E-state index is -4.04. The third-order valence-corrected chi connectivity index (χ3v) is 6.74. The number of hydrogen-bond acceptors (Lipinski definition) is 3. The molecule has 0 unspecified atom stereocenters. The summed E-state index contributed by atoms with van der Waals surface area (Å²) < 4.78 is 42.1. The van der Waals surface area contributed by atoms with Gasteiger partial charge in [0.05, 0.1) is 10.6 Å². The average Bonchev–Trinajstić information content (AvgIpc) is 2.65. The van der Waals surface area contributed by atoms with Gasteiger partial charge < -0.3 is 5.32 Å². The Kier molecular flexibility index (Phi) is 6.40. The van der Waals surface area contributed by atoms with Gasteiger partial charge in [0.15, 0.2) is 0 Å². The first-order valence-corrected chi connectivity index (χ1v) is 11.4. The van der Waals surface area contributed by atoms with Crippen LogP contribution in [0.2, 0.25) is 0 Å². The number of hydrogen-bond donors (Lipinski definition) is 2. The van der Waals surface area contributed by atoms with Crippen LogP contribution in [0.1, 0.15) is 48.0 Å². The van der Waals surface area contributed by atoms with E-state index in [1.54, 1.807) is 19.1 Å². The fraction of sp³-hybridized carbons (Fsp3) is 0.350. The third kappa shape index (κ3) is 4.91. The highest BCUT2D eigenvalue weighted by Crippen LogP contribution is 2.24. The predicted molar refractivity (Wildman–Crippen MR) is 110 cm³/mol. The summed E-state index contributed by atoms with van der Waals surface area (Å²) in [5.41, 5.74) is 0.837. The lowest BCUT2D eigenvalue weighted by molar-refractivity contribution is 0.0927. The van der Waals surface area contributed by atoms with Crippen LogP contribution < -0.4 is 10.0 Å². The molecule has 2 aromatic rings. The fourth-order valence-electron chi connectivity index (χ4n) is 3.30. The number of nitrogens with one attached hydrogen (secondary N) is 2. The zero-order valence-corrected chi connectivity index (χ0v) is 17.9. The number of aryl methyl sites for hydroxylation is 1. The normalized spacial score (nSPS) is 15.2. The van der Waals surface area contributed by atoms with Crippen LogP contribution in [-0.4, -0.2) is 20.4 Å². The van der Waals surface area contributed by atoms with E-state index in [0.717, 1.165) is 25.7 Å². The Bertz CT molecular complexity index is 989. The number of anilines is 1. The van der Waals surface area contributed by atoms with Gasteiger partial charge in [-0.25, -0.2) is 12.8 Å². The molecule has 1 amide bonds. The topological polar surface area (TPSA) is 75.3 Å². The molecule has 5 nitrogen and oxygen atoms in total. The SMILES string of the molecule is Cc1ccc(S(=O)(=O)Nc2ccc(Br)cc2F)cc1C(=O)NC1CCCCC1. The van der Waals surface area contributed by atoms with E-state index in [4.69, 9.17) is 0 Å². The maximum atomic E-state index is 14.0. The van der Waals surface area contributed by atoms with Crippen molar-refractivity contribution >= 4 is 37.5 Å². The number of carbonyl (C=O) groups is 1. The number of carbonyl (C=O) groups excluding carboxylic acids is 1. The van der Waals surface area contributed by atoms with Crippen molar-refractivity contribution in [3.63, 3.8) is 0 Å². The molecule has 0 heterocycles. The summed E-state index contributed by atoms with van der Waals surface area (Å²) in [6.45, 7) is 1.76. The minimum absolute atomic E-state index is 0.0887. The van der Waals surface area contributed by atoms with Gasteiger partial charge in [-0.15, -0.1) is 0 Å². The monoisotopic (exact) mass is 468 g/mol. The van der Waals surface area contributed by atoms with Crippen LogP contribution in [0.4, 0.5) is 10.1 Å². The zero-order valence-electron chi connectivity index (χ0n) is 15.5. The van der Waals surface area contributed by atoms with Gasteiger partial charge in [-0.3, -0.25) is 9.52 Å². The molecule has 1 aliphatic rings. The van der Waals surface area contributed by atoms with Crippen LogP contribution in [-0.2, 0) is 10.0 Å². The third-order valence-electron chi connectivity index (χ3n) is 4.88. The largest absolute Gasteiger partial charge is 0.349 e. The van der Waals surface area contributed by atoms with Crippen molar-refractivity contribution in [2.75, 3.05) is 4.72 Å². The van der Waals surface area contributed by atoms with E-state index in [1.165, 1.54) is 30.7 Å². The highest BCUT2D eigenvalue weighted by molar-refractivity contribution is 9.10. The summed E-state index contributed by atoms with van der Waals surface area (Å²) in [5, 5.41) is 3.00. The van der Waals surface area contributed by atoms with Gasteiger partial charge in [0, 0.05) is 16.1 Å². The second kappa shape index (κ2) is 8.61. The number of benzene rings is 2. The zero-order chi connectivity index (χ0) is 20.3. The lowest BCUT2D eigenvalue weighted by Crippen LogP contribution is -2.36. The second-order valence-electron chi connectivity index (χ2n) is 7.01. The number of rotatable bonds is 5. The molecule has 1 aliphatic carbocycles. The Morgan fingerprint density at radius 3 is 2.50 bits per heavy atom. The van der Waals surface area contributed by atoms with Crippen LogP contribution in [0.25, 0.3) is 0 Å². The molecule has 0 bridgehead atoms. The molecule has 2 N–H and O–H groups in total. The maximum Gasteiger partial charge on any atom is 0.262 e. The standard InChI is InChI=1S/C20H22BrFN2O3S/c1-13-7-9-16(12-17(13)20(25)23-15-5-3-2-4-6-15)28(26,27)24-19-10-8-14(21)11-18(19)22/h7-12,15,24H,2-6H2,1H3,(H,23,25). The summed E-state index contributed by atoms with van der Waals surface area (Å²) >= 11 is 3.13. The number of halogens is 2. The molecule has 28 heavy (non-hydrogen) atoms. The van der Waals surface area contributed by atoms with Crippen molar-refractivity contribution in [1.82, 2.24) is 5.32 Å². The maximum absolute atomic E-state index is 14.0. The van der Waals surface area contributed by atoms with Crippen LogP contribution in [0, 0.1) is 12.7 Å². The van der Waals surface area contributed by atoms with E-state index in [9.17, 15) is 17.6 Å². The molecule has 1 saturated carbocycles. The molecular formula is C20H22BrFN2O3S. The first-order valence-electron chi connectivity index (χ1n) is 9.15. The van der Waals surface area contributed by atoms with E-state index in [2.05, 4.69) is 26.0 Å². The molecule has 0 atom stereocenters. The molecule has 8 heteroatoms. The van der Waals surface area contributed by atoms with E-state index in [0.29, 0.717) is 15.6 Å². The van der Waals surface area contributed by atoms with E-state index < -0.39 is 15.8 Å². The van der Waals surface area contributed by atoms with Crippen LogP contribution in [0.3, 0.4) is 0 Å². The van der Waals surface area contributed by atoms with Gasteiger partial charge in [-0.05, 0) is 55.7 Å². The van der Waals surface area contributed by atoms with E-state index in [-0.39, 0.29) is 22.5 Å². The second-order valence-corrected chi connectivity index (χ2v) is 9.61. The molecule has 0 radical (unpaired) electrons. The molecule has 0 aliphatic heterocycles. The van der Waals surface area contributed by atoms with Gasteiger partial charge in [-0.2, -0.15) is 0 Å².